The van der Waals surface area contributed by atoms with Crippen molar-refractivity contribution in [2.75, 3.05) is 27.2 Å². The third-order valence-electron chi connectivity index (χ3n) is 2.01. The van der Waals surface area contributed by atoms with Crippen molar-refractivity contribution in [1.82, 2.24) is 9.34 Å². The Morgan fingerprint density at radius 3 is 2.42 bits per heavy atom. The lowest BCUT2D eigenvalue weighted by Gasteiger charge is -2.29. The zero-order valence-electron chi connectivity index (χ0n) is 8.15. The molecule has 0 aromatic heterocycles. The molecule has 72 valence electrons. The van der Waals surface area contributed by atoms with Crippen LogP contribution in [0.15, 0.2) is 0 Å². The van der Waals surface area contributed by atoms with Crippen LogP contribution in [0.3, 0.4) is 0 Å². The molecule has 0 bridgehead atoms. The van der Waals surface area contributed by atoms with Gasteiger partial charge in [-0.05, 0) is 27.9 Å². The predicted molar refractivity (Wildman–Crippen MR) is 49.1 cm³/mol. The second-order valence-electron chi connectivity index (χ2n) is 3.43. The lowest BCUT2D eigenvalue weighted by atomic mass is 10.4. The SMILES string of the molecule is CC(C)N1CCOP1(=O)N(C)C. The van der Waals surface area contributed by atoms with E-state index in [-0.39, 0.29) is 6.04 Å². The van der Waals surface area contributed by atoms with Crippen LogP contribution < -0.4 is 0 Å². The van der Waals surface area contributed by atoms with E-state index in [0.717, 1.165) is 6.54 Å². The molecule has 0 radical (unpaired) electrons. The number of rotatable bonds is 2. The summed E-state index contributed by atoms with van der Waals surface area (Å²) in [7, 11) is 0.945. The van der Waals surface area contributed by atoms with E-state index in [0.29, 0.717) is 6.61 Å². The molecule has 4 nitrogen and oxygen atoms in total. The lowest BCUT2D eigenvalue weighted by Crippen LogP contribution is -2.29. The molecule has 1 rings (SSSR count). The van der Waals surface area contributed by atoms with Crippen molar-refractivity contribution in [2.45, 2.75) is 19.9 Å². The molecule has 0 amide bonds. The Kier molecular flexibility index (Phi) is 2.94. The Hall–Kier alpha value is 0.110. The molecule has 1 heterocycles. The van der Waals surface area contributed by atoms with E-state index in [1.54, 1.807) is 18.8 Å². The minimum Gasteiger partial charge on any atom is -0.305 e. The first-order valence-electron chi connectivity index (χ1n) is 4.18. The van der Waals surface area contributed by atoms with E-state index in [1.165, 1.54) is 0 Å². The second-order valence-corrected chi connectivity index (χ2v) is 5.98. The normalized spacial score (nSPS) is 32.2. The average molecular weight is 192 g/mol. The molecular weight excluding hydrogens is 175 g/mol. The molecule has 0 aliphatic carbocycles. The molecule has 1 aliphatic rings. The van der Waals surface area contributed by atoms with Gasteiger partial charge in [0.1, 0.15) is 0 Å². The van der Waals surface area contributed by atoms with Crippen LogP contribution in [0.1, 0.15) is 13.8 Å². The monoisotopic (exact) mass is 192 g/mol. The number of nitrogens with zero attached hydrogens (tertiary/aromatic N) is 2. The summed E-state index contributed by atoms with van der Waals surface area (Å²) in [6.07, 6.45) is 0. The molecular formula is C7H17N2O2P. The number of hydrogen-bond donors (Lipinski definition) is 0. The Bertz CT molecular complexity index is 206. The van der Waals surface area contributed by atoms with Gasteiger partial charge in [-0.3, -0.25) is 4.57 Å². The standard InChI is InChI=1S/C7H17N2O2P/c1-7(2)9-5-6-11-12(9,10)8(3)4/h7H,5-6H2,1-4H3. The van der Waals surface area contributed by atoms with Gasteiger partial charge in [0.25, 0.3) is 0 Å². The minimum absolute atomic E-state index is 0.278. The van der Waals surface area contributed by atoms with Crippen molar-refractivity contribution in [3.05, 3.63) is 0 Å². The summed E-state index contributed by atoms with van der Waals surface area (Å²) in [6, 6.07) is 0.278. The molecule has 0 aromatic carbocycles. The fourth-order valence-electron chi connectivity index (χ4n) is 1.35. The Morgan fingerprint density at radius 2 is 2.08 bits per heavy atom. The van der Waals surface area contributed by atoms with Gasteiger partial charge in [0.05, 0.1) is 6.61 Å². The fourth-order valence-corrected chi connectivity index (χ4v) is 3.43. The van der Waals surface area contributed by atoms with Gasteiger partial charge in [0, 0.05) is 12.6 Å². The van der Waals surface area contributed by atoms with Crippen molar-refractivity contribution in [1.29, 1.82) is 0 Å². The van der Waals surface area contributed by atoms with Crippen molar-refractivity contribution in [3.63, 3.8) is 0 Å². The van der Waals surface area contributed by atoms with Crippen LogP contribution in [0, 0.1) is 0 Å². The van der Waals surface area contributed by atoms with E-state index >= 15 is 0 Å². The van der Waals surface area contributed by atoms with Gasteiger partial charge in [0.2, 0.25) is 0 Å². The van der Waals surface area contributed by atoms with Crippen LogP contribution in [0.2, 0.25) is 0 Å². The van der Waals surface area contributed by atoms with Crippen molar-refractivity contribution < 1.29 is 9.09 Å². The molecule has 0 aromatic rings. The van der Waals surface area contributed by atoms with Crippen molar-refractivity contribution >= 4 is 7.67 Å². The van der Waals surface area contributed by atoms with Gasteiger partial charge in [-0.25, -0.2) is 9.34 Å². The van der Waals surface area contributed by atoms with Gasteiger partial charge in [-0.15, -0.1) is 0 Å². The van der Waals surface area contributed by atoms with Crippen molar-refractivity contribution in [3.8, 4) is 0 Å². The summed E-state index contributed by atoms with van der Waals surface area (Å²) >= 11 is 0. The van der Waals surface area contributed by atoms with E-state index in [1.807, 2.05) is 18.5 Å². The van der Waals surface area contributed by atoms with Crippen LogP contribution in [-0.2, 0) is 9.09 Å². The van der Waals surface area contributed by atoms with E-state index < -0.39 is 7.67 Å². The van der Waals surface area contributed by atoms with E-state index in [4.69, 9.17) is 4.52 Å². The fraction of sp³-hybridized carbons (Fsp3) is 1.00. The third-order valence-corrected chi connectivity index (χ3v) is 4.85. The first kappa shape index (κ1) is 10.2. The van der Waals surface area contributed by atoms with Crippen LogP contribution in [0.5, 0.6) is 0 Å². The lowest BCUT2D eigenvalue weighted by molar-refractivity contribution is 0.310. The zero-order chi connectivity index (χ0) is 9.35. The van der Waals surface area contributed by atoms with Gasteiger partial charge in [0.15, 0.2) is 0 Å². The summed E-state index contributed by atoms with van der Waals surface area (Å²) in [5.41, 5.74) is 0. The van der Waals surface area contributed by atoms with Crippen molar-refractivity contribution in [2.24, 2.45) is 0 Å². The zero-order valence-corrected chi connectivity index (χ0v) is 9.04. The Balaban J connectivity index is 2.82. The van der Waals surface area contributed by atoms with Gasteiger partial charge in [-0.2, -0.15) is 0 Å². The molecule has 1 aliphatic heterocycles. The van der Waals surface area contributed by atoms with Crippen LogP contribution in [-0.4, -0.2) is 42.6 Å². The predicted octanol–water partition coefficient (Wildman–Crippen LogP) is 1.40. The summed E-state index contributed by atoms with van der Waals surface area (Å²) in [6.45, 7) is 5.41. The summed E-state index contributed by atoms with van der Waals surface area (Å²) in [5, 5.41) is 0. The highest BCUT2D eigenvalue weighted by molar-refractivity contribution is 7.54. The first-order chi connectivity index (χ1) is 5.48. The summed E-state index contributed by atoms with van der Waals surface area (Å²) in [5.74, 6) is 0. The molecule has 1 saturated heterocycles. The summed E-state index contributed by atoms with van der Waals surface area (Å²) in [4.78, 5) is 0. The van der Waals surface area contributed by atoms with Crippen LogP contribution in [0.25, 0.3) is 0 Å². The second kappa shape index (κ2) is 3.46. The average Bonchev–Trinajstić information content (AvgIpc) is 2.32. The van der Waals surface area contributed by atoms with E-state index in [2.05, 4.69) is 0 Å². The quantitative estimate of drug-likeness (QED) is 0.619. The molecule has 1 atom stereocenters. The first-order valence-corrected chi connectivity index (χ1v) is 5.71. The topological polar surface area (TPSA) is 32.8 Å². The Labute approximate surface area is 74.0 Å². The molecule has 5 heteroatoms. The molecule has 1 fully saturated rings. The summed E-state index contributed by atoms with van der Waals surface area (Å²) < 4.78 is 21.0. The van der Waals surface area contributed by atoms with Gasteiger partial charge in [-0.1, -0.05) is 0 Å². The maximum absolute atomic E-state index is 12.1. The molecule has 1 unspecified atom stereocenters. The molecule has 0 spiro atoms. The highest BCUT2D eigenvalue weighted by Gasteiger charge is 2.40. The largest absolute Gasteiger partial charge is 0.345 e. The Morgan fingerprint density at radius 1 is 1.50 bits per heavy atom. The minimum atomic E-state index is -2.64. The van der Waals surface area contributed by atoms with Gasteiger partial charge >= 0.3 is 7.67 Å². The molecule has 0 N–H and O–H groups in total. The highest BCUT2D eigenvalue weighted by atomic mass is 31.2. The highest BCUT2D eigenvalue weighted by Crippen LogP contribution is 2.56. The molecule has 12 heavy (non-hydrogen) atoms. The number of hydrogen-bond acceptors (Lipinski definition) is 2. The third kappa shape index (κ3) is 1.57. The maximum Gasteiger partial charge on any atom is 0.345 e. The molecule has 0 saturated carbocycles. The van der Waals surface area contributed by atoms with E-state index in [9.17, 15) is 4.57 Å². The maximum atomic E-state index is 12.1. The smallest absolute Gasteiger partial charge is 0.305 e. The van der Waals surface area contributed by atoms with Gasteiger partial charge < -0.3 is 4.52 Å². The van der Waals surface area contributed by atoms with Crippen LogP contribution >= 0.6 is 7.67 Å². The van der Waals surface area contributed by atoms with Crippen LogP contribution in [0.4, 0.5) is 0 Å².